The Kier molecular flexibility index (Phi) is 4.62. The second kappa shape index (κ2) is 6.46. The van der Waals surface area contributed by atoms with Crippen molar-refractivity contribution in [2.24, 2.45) is 0 Å². The molecule has 2 fully saturated rings. The van der Waals surface area contributed by atoms with Crippen LogP contribution >= 0.6 is 11.3 Å². The molecule has 1 aromatic rings. The average Bonchev–Trinajstić information content (AvgIpc) is 3.08. The number of nitrogens with zero attached hydrogens (tertiary/aromatic N) is 1. The number of thiophene rings is 1. The first-order chi connectivity index (χ1) is 10.1. The molecule has 21 heavy (non-hydrogen) atoms. The summed E-state index contributed by atoms with van der Waals surface area (Å²) in [7, 11) is 0. The maximum absolute atomic E-state index is 12.1. The van der Waals surface area contributed by atoms with Crippen molar-refractivity contribution < 1.29 is 9.53 Å². The second-order valence-electron chi connectivity index (χ2n) is 6.36. The van der Waals surface area contributed by atoms with E-state index in [1.807, 2.05) is 13.8 Å². The van der Waals surface area contributed by atoms with Gasteiger partial charge < -0.3 is 10.1 Å². The van der Waals surface area contributed by atoms with Crippen molar-refractivity contribution in [3.05, 3.63) is 22.4 Å². The van der Waals surface area contributed by atoms with Crippen LogP contribution in [0.2, 0.25) is 0 Å². The maximum atomic E-state index is 12.1. The lowest BCUT2D eigenvalue weighted by Crippen LogP contribution is -2.48. The topological polar surface area (TPSA) is 41.6 Å². The van der Waals surface area contributed by atoms with Gasteiger partial charge in [0.1, 0.15) is 6.10 Å². The van der Waals surface area contributed by atoms with Crippen molar-refractivity contribution in [1.82, 2.24) is 10.2 Å². The molecule has 5 heteroatoms. The molecule has 2 aliphatic heterocycles. The van der Waals surface area contributed by atoms with Gasteiger partial charge in [0.15, 0.2) is 0 Å². The third-order valence-corrected chi connectivity index (χ3v) is 5.08. The summed E-state index contributed by atoms with van der Waals surface area (Å²) in [5, 5.41) is 7.31. The van der Waals surface area contributed by atoms with Crippen LogP contribution in [0.25, 0.3) is 0 Å². The van der Waals surface area contributed by atoms with Gasteiger partial charge in [-0.05, 0) is 55.5 Å². The highest BCUT2D eigenvalue weighted by molar-refractivity contribution is 7.07. The molecule has 116 valence electrons. The molecule has 2 saturated heterocycles. The van der Waals surface area contributed by atoms with Crippen LogP contribution in [-0.2, 0) is 16.1 Å². The van der Waals surface area contributed by atoms with E-state index in [4.69, 9.17) is 4.74 Å². The van der Waals surface area contributed by atoms with E-state index in [1.165, 1.54) is 5.56 Å². The third kappa shape index (κ3) is 3.47. The number of fused-ring (bicyclic) bond motifs is 1. The molecule has 3 heterocycles. The van der Waals surface area contributed by atoms with Gasteiger partial charge in [0.05, 0.1) is 6.10 Å². The summed E-state index contributed by atoms with van der Waals surface area (Å²) in [6.45, 7) is 6.06. The smallest absolute Gasteiger partial charge is 0.249 e. The molecular formula is C16H24N2O2S. The summed E-state index contributed by atoms with van der Waals surface area (Å²) < 4.78 is 6.07. The normalized spacial score (nSPS) is 29.6. The van der Waals surface area contributed by atoms with Crippen LogP contribution in [-0.4, -0.2) is 41.6 Å². The molecule has 1 aromatic heterocycles. The van der Waals surface area contributed by atoms with E-state index < -0.39 is 0 Å². The van der Waals surface area contributed by atoms with E-state index in [2.05, 4.69) is 27.0 Å². The molecule has 0 aromatic carbocycles. The van der Waals surface area contributed by atoms with E-state index in [9.17, 15) is 4.79 Å². The Labute approximate surface area is 130 Å². The quantitative estimate of drug-likeness (QED) is 0.928. The van der Waals surface area contributed by atoms with Gasteiger partial charge in [0, 0.05) is 25.2 Å². The van der Waals surface area contributed by atoms with Gasteiger partial charge in [0.2, 0.25) is 5.91 Å². The largest absolute Gasteiger partial charge is 0.363 e. The lowest BCUT2D eigenvalue weighted by molar-refractivity contribution is -0.144. The number of ether oxygens (including phenoxy) is 1. The minimum atomic E-state index is -0.255. The summed E-state index contributed by atoms with van der Waals surface area (Å²) in [5.74, 6) is 0.0553. The predicted molar refractivity (Wildman–Crippen MR) is 84.3 cm³/mol. The number of nitrogens with one attached hydrogen (secondary N) is 1. The molecule has 1 amide bonds. The Morgan fingerprint density at radius 1 is 1.48 bits per heavy atom. The van der Waals surface area contributed by atoms with Crippen LogP contribution in [0.5, 0.6) is 0 Å². The summed E-state index contributed by atoms with van der Waals surface area (Å²) in [5.41, 5.74) is 1.39. The van der Waals surface area contributed by atoms with Crippen LogP contribution in [0, 0.1) is 0 Å². The fourth-order valence-electron chi connectivity index (χ4n) is 3.40. The second-order valence-corrected chi connectivity index (χ2v) is 7.14. The van der Waals surface area contributed by atoms with E-state index >= 15 is 0 Å². The number of carbonyl (C=O) groups is 1. The van der Waals surface area contributed by atoms with Gasteiger partial charge in [-0.3, -0.25) is 9.69 Å². The zero-order valence-corrected chi connectivity index (χ0v) is 13.6. The van der Waals surface area contributed by atoms with Crippen LogP contribution in [0.4, 0.5) is 0 Å². The lowest BCUT2D eigenvalue weighted by atomic mass is 9.98. The minimum Gasteiger partial charge on any atom is -0.363 e. The van der Waals surface area contributed by atoms with Crippen LogP contribution < -0.4 is 5.32 Å². The zero-order chi connectivity index (χ0) is 14.8. The van der Waals surface area contributed by atoms with Gasteiger partial charge in [-0.25, -0.2) is 0 Å². The van der Waals surface area contributed by atoms with E-state index in [1.54, 1.807) is 11.3 Å². The van der Waals surface area contributed by atoms with Crippen molar-refractivity contribution >= 4 is 17.2 Å². The summed E-state index contributed by atoms with van der Waals surface area (Å²) in [6, 6.07) is 2.85. The number of hydrogen-bond acceptors (Lipinski definition) is 4. The van der Waals surface area contributed by atoms with E-state index in [-0.39, 0.29) is 24.2 Å². The highest BCUT2D eigenvalue weighted by atomic mass is 32.1. The van der Waals surface area contributed by atoms with Crippen molar-refractivity contribution in [2.45, 2.75) is 63.9 Å². The van der Waals surface area contributed by atoms with Gasteiger partial charge in [-0.2, -0.15) is 11.3 Å². The molecule has 0 radical (unpaired) electrons. The molecule has 0 saturated carbocycles. The van der Waals surface area contributed by atoms with Crippen LogP contribution in [0.15, 0.2) is 16.8 Å². The van der Waals surface area contributed by atoms with Crippen molar-refractivity contribution in [1.29, 1.82) is 0 Å². The summed E-state index contributed by atoms with van der Waals surface area (Å²) >= 11 is 1.75. The number of rotatable bonds is 4. The number of amides is 1. The lowest BCUT2D eigenvalue weighted by Gasteiger charge is -2.35. The first kappa shape index (κ1) is 15.0. The summed E-state index contributed by atoms with van der Waals surface area (Å²) in [4.78, 5) is 14.6. The van der Waals surface area contributed by atoms with E-state index in [0.29, 0.717) is 6.04 Å². The molecule has 3 rings (SSSR count). The molecule has 3 atom stereocenters. The molecule has 0 aliphatic carbocycles. The predicted octanol–water partition coefficient (Wildman–Crippen LogP) is 2.39. The van der Waals surface area contributed by atoms with Gasteiger partial charge in [0.25, 0.3) is 0 Å². The molecule has 0 unspecified atom stereocenters. The van der Waals surface area contributed by atoms with Crippen molar-refractivity contribution in [3.63, 3.8) is 0 Å². The Bertz CT molecular complexity index is 475. The fourth-order valence-corrected chi connectivity index (χ4v) is 4.06. The Hall–Kier alpha value is -0.910. The van der Waals surface area contributed by atoms with Crippen molar-refractivity contribution in [2.75, 3.05) is 6.54 Å². The highest BCUT2D eigenvalue weighted by Gasteiger charge is 2.41. The van der Waals surface area contributed by atoms with Crippen LogP contribution in [0.3, 0.4) is 0 Å². The monoisotopic (exact) mass is 308 g/mol. The molecule has 1 N–H and O–H groups in total. The van der Waals surface area contributed by atoms with Crippen molar-refractivity contribution in [3.8, 4) is 0 Å². The number of hydrogen-bond donors (Lipinski definition) is 1. The third-order valence-electron chi connectivity index (χ3n) is 4.35. The summed E-state index contributed by atoms with van der Waals surface area (Å²) in [6.07, 6.45) is 2.90. The molecule has 0 bridgehead atoms. The molecule has 2 aliphatic rings. The SMILES string of the molecule is CC(C)NC(=O)[C@@H]1CC[C@H]2[C@H](CCN2Cc2ccsc2)O1. The van der Waals surface area contributed by atoms with Gasteiger partial charge >= 0.3 is 0 Å². The number of likely N-dealkylation sites (tertiary alicyclic amines) is 1. The molecular weight excluding hydrogens is 284 g/mol. The molecule has 0 spiro atoms. The highest BCUT2D eigenvalue weighted by Crippen LogP contribution is 2.32. The first-order valence-corrected chi connectivity index (χ1v) is 8.78. The van der Waals surface area contributed by atoms with Gasteiger partial charge in [-0.1, -0.05) is 0 Å². The standard InChI is InChI=1S/C16H24N2O2S/c1-11(2)17-16(19)15-4-3-13-14(20-15)5-7-18(13)9-12-6-8-21-10-12/h6,8,10-11,13-15H,3-5,7,9H2,1-2H3,(H,17,19)/t13-,14-,15-/m0/s1. The number of carbonyl (C=O) groups excluding carboxylic acids is 1. The Balaban J connectivity index is 1.56. The maximum Gasteiger partial charge on any atom is 0.249 e. The van der Waals surface area contributed by atoms with E-state index in [0.717, 1.165) is 32.4 Å². The first-order valence-electron chi connectivity index (χ1n) is 7.84. The fraction of sp³-hybridized carbons (Fsp3) is 0.688. The van der Waals surface area contributed by atoms with Gasteiger partial charge in [-0.15, -0.1) is 0 Å². The average molecular weight is 308 g/mol. The Morgan fingerprint density at radius 2 is 2.33 bits per heavy atom. The van der Waals surface area contributed by atoms with Crippen LogP contribution in [0.1, 0.15) is 38.7 Å². The minimum absolute atomic E-state index is 0.0553. The Morgan fingerprint density at radius 3 is 3.05 bits per heavy atom. The zero-order valence-electron chi connectivity index (χ0n) is 12.7. The molecule has 4 nitrogen and oxygen atoms in total.